The highest BCUT2D eigenvalue weighted by atomic mass is 16.5. The minimum Gasteiger partial charge on any atom is -0.379 e. The number of hydrogen-bond donors (Lipinski definition) is 0. The number of nitrogens with zero attached hydrogens (tertiary/aromatic N) is 2. The van der Waals surface area contributed by atoms with Crippen LogP contribution in [0.3, 0.4) is 0 Å². The maximum absolute atomic E-state index is 5.98. The van der Waals surface area contributed by atoms with Gasteiger partial charge < -0.3 is 14.0 Å². The smallest absolute Gasteiger partial charge is 0.0945 e. The molecule has 0 radical (unpaired) electrons. The Bertz CT molecular complexity index is 631. The molecule has 2 aromatic rings. The molecule has 2 rings (SSSR count). The first-order valence-electron chi connectivity index (χ1n) is 14.1. The van der Waals surface area contributed by atoms with Crippen molar-refractivity contribution in [3.05, 3.63) is 54.6 Å². The molecule has 0 saturated carbocycles. The summed E-state index contributed by atoms with van der Waals surface area (Å²) in [5.74, 6) is 0. The summed E-state index contributed by atoms with van der Waals surface area (Å²) in [7, 11) is 0. The molecule has 34 heavy (non-hydrogen) atoms. The summed E-state index contributed by atoms with van der Waals surface area (Å²) < 4.78 is 14.0. The zero-order valence-corrected chi connectivity index (χ0v) is 22.4. The van der Waals surface area contributed by atoms with E-state index in [0.717, 1.165) is 19.6 Å². The zero-order chi connectivity index (χ0) is 24.5. The molecule has 1 unspecified atom stereocenters. The van der Waals surface area contributed by atoms with Gasteiger partial charge in [0.05, 0.1) is 25.6 Å². The topological polar surface area (TPSA) is 36.3 Å². The summed E-state index contributed by atoms with van der Waals surface area (Å²) in [5, 5.41) is 0. The van der Waals surface area contributed by atoms with Crippen LogP contribution in [-0.2, 0) is 22.6 Å². The first kappa shape index (κ1) is 30.4. The molecule has 4 nitrogen and oxygen atoms in total. The maximum Gasteiger partial charge on any atom is 0.0945 e. The Labute approximate surface area is 210 Å². The number of benzene rings is 1. The third kappa shape index (κ3) is 16.9. The molecule has 1 aromatic carbocycles. The van der Waals surface area contributed by atoms with Crippen LogP contribution in [0.25, 0.3) is 0 Å². The van der Waals surface area contributed by atoms with Crippen molar-refractivity contribution in [3.8, 4) is 0 Å². The van der Waals surface area contributed by atoms with Gasteiger partial charge in [-0.3, -0.25) is 0 Å². The van der Waals surface area contributed by atoms with Crippen molar-refractivity contribution >= 4 is 0 Å². The maximum atomic E-state index is 5.98. The SMILES string of the molecule is CC.CCC(COCCCCCCCCCCCCCCn1ccnc1)OCc1ccccc1. The van der Waals surface area contributed by atoms with Crippen LogP contribution in [0.15, 0.2) is 49.1 Å². The van der Waals surface area contributed by atoms with E-state index in [9.17, 15) is 0 Å². The fourth-order valence-electron chi connectivity index (χ4n) is 3.97. The van der Waals surface area contributed by atoms with Crippen molar-refractivity contribution in [3.63, 3.8) is 0 Å². The highest BCUT2D eigenvalue weighted by Gasteiger charge is 2.07. The lowest BCUT2D eigenvalue weighted by molar-refractivity contribution is -0.0269. The third-order valence-corrected chi connectivity index (χ3v) is 6.10. The Hall–Kier alpha value is -1.65. The molecule has 0 aliphatic heterocycles. The summed E-state index contributed by atoms with van der Waals surface area (Å²) in [6, 6.07) is 10.4. The number of hydrogen-bond acceptors (Lipinski definition) is 3. The summed E-state index contributed by atoms with van der Waals surface area (Å²) in [6.45, 7) is 9.54. The highest BCUT2D eigenvalue weighted by Crippen LogP contribution is 2.13. The van der Waals surface area contributed by atoms with Crippen molar-refractivity contribution in [2.45, 2.75) is 123 Å². The summed E-state index contributed by atoms with van der Waals surface area (Å²) in [6.07, 6.45) is 23.2. The summed E-state index contributed by atoms with van der Waals surface area (Å²) >= 11 is 0. The fourth-order valence-corrected chi connectivity index (χ4v) is 3.97. The van der Waals surface area contributed by atoms with Gasteiger partial charge in [-0.1, -0.05) is 115 Å². The molecular weight excluding hydrogens is 420 g/mol. The quantitative estimate of drug-likeness (QED) is 0.171. The molecule has 4 heteroatoms. The molecule has 0 amide bonds. The first-order chi connectivity index (χ1) is 16.9. The van der Waals surface area contributed by atoms with Crippen molar-refractivity contribution in [1.82, 2.24) is 9.55 Å². The van der Waals surface area contributed by atoms with Crippen LogP contribution in [0.2, 0.25) is 0 Å². The number of aromatic nitrogens is 2. The Morgan fingerprint density at radius 1 is 0.794 bits per heavy atom. The second-order valence-electron chi connectivity index (χ2n) is 8.94. The van der Waals surface area contributed by atoms with E-state index < -0.39 is 0 Å². The van der Waals surface area contributed by atoms with Crippen LogP contribution in [0, 0.1) is 0 Å². The van der Waals surface area contributed by atoms with Crippen LogP contribution in [0.5, 0.6) is 0 Å². The minimum atomic E-state index is 0.201. The van der Waals surface area contributed by atoms with Crippen LogP contribution in [0.4, 0.5) is 0 Å². The van der Waals surface area contributed by atoms with E-state index in [-0.39, 0.29) is 6.10 Å². The van der Waals surface area contributed by atoms with Gasteiger partial charge in [0.2, 0.25) is 0 Å². The zero-order valence-electron chi connectivity index (χ0n) is 22.4. The van der Waals surface area contributed by atoms with E-state index in [1.165, 1.54) is 82.6 Å². The average Bonchev–Trinajstić information content (AvgIpc) is 3.41. The van der Waals surface area contributed by atoms with E-state index in [1.807, 2.05) is 32.4 Å². The Kier molecular flexibility index (Phi) is 20.6. The summed E-state index contributed by atoms with van der Waals surface area (Å²) in [4.78, 5) is 4.09. The predicted molar refractivity (Wildman–Crippen MR) is 145 cm³/mol. The molecule has 1 heterocycles. The van der Waals surface area contributed by atoms with Gasteiger partial charge in [-0.15, -0.1) is 0 Å². The van der Waals surface area contributed by atoms with E-state index in [0.29, 0.717) is 13.2 Å². The van der Waals surface area contributed by atoms with Crippen LogP contribution < -0.4 is 0 Å². The molecular formula is C30H52N2O2. The van der Waals surface area contributed by atoms with Crippen molar-refractivity contribution < 1.29 is 9.47 Å². The molecule has 0 N–H and O–H groups in total. The first-order valence-corrected chi connectivity index (χ1v) is 14.1. The van der Waals surface area contributed by atoms with Gasteiger partial charge in [-0.05, 0) is 24.8 Å². The molecule has 0 aliphatic carbocycles. The monoisotopic (exact) mass is 472 g/mol. The van der Waals surface area contributed by atoms with Gasteiger partial charge in [0.15, 0.2) is 0 Å². The Balaban J connectivity index is 0.00000281. The normalized spacial score (nSPS) is 11.7. The van der Waals surface area contributed by atoms with E-state index >= 15 is 0 Å². The van der Waals surface area contributed by atoms with Crippen molar-refractivity contribution in [2.75, 3.05) is 13.2 Å². The Morgan fingerprint density at radius 2 is 1.38 bits per heavy atom. The van der Waals surface area contributed by atoms with Gasteiger partial charge in [-0.2, -0.15) is 0 Å². The number of aryl methyl sites for hydroxylation is 1. The second-order valence-corrected chi connectivity index (χ2v) is 8.94. The van der Waals surface area contributed by atoms with Gasteiger partial charge in [0.25, 0.3) is 0 Å². The molecule has 0 saturated heterocycles. The lowest BCUT2D eigenvalue weighted by Gasteiger charge is -2.16. The van der Waals surface area contributed by atoms with E-state index in [2.05, 4.69) is 46.9 Å². The molecule has 1 atom stereocenters. The molecule has 0 fully saturated rings. The third-order valence-electron chi connectivity index (χ3n) is 6.10. The van der Waals surface area contributed by atoms with Gasteiger partial charge in [0.1, 0.15) is 0 Å². The molecule has 194 valence electrons. The number of unbranched alkanes of at least 4 members (excludes halogenated alkanes) is 11. The highest BCUT2D eigenvalue weighted by molar-refractivity contribution is 5.13. The predicted octanol–water partition coefficient (Wildman–Crippen LogP) is 8.60. The van der Waals surface area contributed by atoms with Crippen LogP contribution in [0.1, 0.15) is 110 Å². The van der Waals surface area contributed by atoms with Crippen molar-refractivity contribution in [1.29, 1.82) is 0 Å². The molecule has 0 spiro atoms. The van der Waals surface area contributed by atoms with Gasteiger partial charge >= 0.3 is 0 Å². The molecule has 0 bridgehead atoms. The van der Waals surface area contributed by atoms with Gasteiger partial charge in [0, 0.05) is 25.5 Å². The number of ether oxygens (including phenoxy) is 2. The van der Waals surface area contributed by atoms with E-state index in [4.69, 9.17) is 9.47 Å². The summed E-state index contributed by atoms with van der Waals surface area (Å²) in [5.41, 5.74) is 1.23. The van der Waals surface area contributed by atoms with Crippen LogP contribution in [-0.4, -0.2) is 28.9 Å². The minimum absolute atomic E-state index is 0.201. The standard InChI is InChI=1S/C28H46N2O2.C2H6/c1-2-28(32-24-27-18-14-13-15-19-27)25-31-23-17-12-10-8-6-4-3-5-7-9-11-16-21-30-22-20-29-26-30;1-2/h13-15,18-20,22,26,28H,2-12,16-17,21,23-25H2,1H3;1-2H3. The average molecular weight is 473 g/mol. The largest absolute Gasteiger partial charge is 0.379 e. The number of rotatable bonds is 21. The lowest BCUT2D eigenvalue weighted by Crippen LogP contribution is -2.19. The molecule has 0 aliphatic rings. The van der Waals surface area contributed by atoms with Gasteiger partial charge in [-0.25, -0.2) is 4.98 Å². The lowest BCUT2D eigenvalue weighted by atomic mass is 10.1. The van der Waals surface area contributed by atoms with Crippen molar-refractivity contribution in [2.24, 2.45) is 0 Å². The Morgan fingerprint density at radius 3 is 1.94 bits per heavy atom. The second kappa shape index (κ2) is 23.1. The molecule has 1 aromatic heterocycles. The number of imidazole rings is 1. The van der Waals surface area contributed by atoms with E-state index in [1.54, 1.807) is 0 Å². The van der Waals surface area contributed by atoms with Crippen LogP contribution >= 0.6 is 0 Å². The fraction of sp³-hybridized carbons (Fsp3) is 0.700.